The van der Waals surface area contributed by atoms with Gasteiger partial charge >= 0.3 is 0 Å². The van der Waals surface area contributed by atoms with Crippen molar-refractivity contribution in [1.82, 2.24) is 20.1 Å². The summed E-state index contributed by atoms with van der Waals surface area (Å²) in [7, 11) is 0. The highest BCUT2D eigenvalue weighted by Crippen LogP contribution is 2.06. The summed E-state index contributed by atoms with van der Waals surface area (Å²) in [5, 5.41) is 7.21. The molecule has 2 heterocycles. The summed E-state index contributed by atoms with van der Waals surface area (Å²) in [5.41, 5.74) is 8.21. The van der Waals surface area contributed by atoms with E-state index in [2.05, 4.69) is 15.4 Å². The molecular weight excluding hydrogens is 254 g/mol. The van der Waals surface area contributed by atoms with Gasteiger partial charge in [0.1, 0.15) is 5.82 Å². The third-order valence-electron chi connectivity index (χ3n) is 3.02. The summed E-state index contributed by atoms with van der Waals surface area (Å²) >= 11 is 0. The molecule has 2 aromatic heterocycles. The van der Waals surface area contributed by atoms with E-state index in [4.69, 9.17) is 5.73 Å². The highest BCUT2D eigenvalue weighted by atomic mass is 16.1. The zero-order valence-electron chi connectivity index (χ0n) is 11.8. The molecule has 2 rings (SSSR count). The first-order chi connectivity index (χ1) is 9.58. The van der Waals surface area contributed by atoms with E-state index in [-0.39, 0.29) is 11.7 Å². The van der Waals surface area contributed by atoms with Crippen molar-refractivity contribution < 1.29 is 4.79 Å². The van der Waals surface area contributed by atoms with Gasteiger partial charge in [-0.05, 0) is 38.5 Å². The average molecular weight is 273 g/mol. The van der Waals surface area contributed by atoms with Gasteiger partial charge in [-0.15, -0.1) is 0 Å². The van der Waals surface area contributed by atoms with E-state index in [1.165, 1.54) is 0 Å². The van der Waals surface area contributed by atoms with Crippen LogP contribution in [0.25, 0.3) is 0 Å². The minimum atomic E-state index is -0.191. The van der Waals surface area contributed by atoms with Crippen LogP contribution in [0.3, 0.4) is 0 Å². The van der Waals surface area contributed by atoms with Crippen molar-refractivity contribution in [3.63, 3.8) is 0 Å². The van der Waals surface area contributed by atoms with E-state index >= 15 is 0 Å². The van der Waals surface area contributed by atoms with Gasteiger partial charge < -0.3 is 11.1 Å². The molecule has 0 unspecified atom stereocenters. The molecule has 0 fully saturated rings. The summed E-state index contributed by atoms with van der Waals surface area (Å²) in [6.07, 6.45) is 2.38. The number of carbonyl (C=O) groups is 1. The number of nitrogens with two attached hydrogens (primary N) is 1. The van der Waals surface area contributed by atoms with Crippen molar-refractivity contribution in [2.75, 3.05) is 12.3 Å². The molecule has 6 nitrogen and oxygen atoms in total. The standard InChI is InChI=1S/C14H19N5O/c1-10-9-11(2)19(18-10)8-4-7-17-14(20)12-5-3-6-16-13(12)15/h3,5-6,9H,4,7-8H2,1-2H3,(H2,15,16)(H,17,20). The average Bonchev–Trinajstić information content (AvgIpc) is 2.73. The number of nitrogens with one attached hydrogen (secondary N) is 1. The van der Waals surface area contributed by atoms with E-state index < -0.39 is 0 Å². The molecule has 106 valence electrons. The van der Waals surface area contributed by atoms with Crippen molar-refractivity contribution >= 4 is 11.7 Å². The molecule has 2 aromatic rings. The third-order valence-corrected chi connectivity index (χ3v) is 3.02. The Labute approximate surface area is 118 Å². The first-order valence-corrected chi connectivity index (χ1v) is 6.57. The first kappa shape index (κ1) is 14.0. The molecule has 0 aliphatic heterocycles. The second-order valence-electron chi connectivity index (χ2n) is 4.70. The highest BCUT2D eigenvalue weighted by Gasteiger charge is 2.09. The number of aromatic nitrogens is 3. The molecule has 0 saturated carbocycles. The molecule has 0 saturated heterocycles. The fraction of sp³-hybridized carbons (Fsp3) is 0.357. The van der Waals surface area contributed by atoms with E-state index in [0.29, 0.717) is 12.1 Å². The Morgan fingerprint density at radius 1 is 1.45 bits per heavy atom. The maximum Gasteiger partial charge on any atom is 0.255 e. The minimum Gasteiger partial charge on any atom is -0.383 e. The van der Waals surface area contributed by atoms with Gasteiger partial charge in [-0.25, -0.2) is 4.98 Å². The topological polar surface area (TPSA) is 85.8 Å². The van der Waals surface area contributed by atoms with Crippen LogP contribution in [0.2, 0.25) is 0 Å². The monoisotopic (exact) mass is 273 g/mol. The molecule has 20 heavy (non-hydrogen) atoms. The predicted octanol–water partition coefficient (Wildman–Crippen LogP) is 1.30. The summed E-state index contributed by atoms with van der Waals surface area (Å²) in [6, 6.07) is 5.40. The van der Waals surface area contributed by atoms with Gasteiger partial charge in [0.2, 0.25) is 0 Å². The number of nitrogen functional groups attached to an aromatic ring is 1. The van der Waals surface area contributed by atoms with E-state index in [1.54, 1.807) is 18.3 Å². The van der Waals surface area contributed by atoms with Gasteiger partial charge in [-0.1, -0.05) is 0 Å². The Bertz CT molecular complexity index is 605. The third kappa shape index (κ3) is 3.34. The second kappa shape index (κ2) is 6.18. The van der Waals surface area contributed by atoms with Crippen LogP contribution in [-0.4, -0.2) is 27.2 Å². The van der Waals surface area contributed by atoms with Crippen molar-refractivity contribution in [2.24, 2.45) is 0 Å². The van der Waals surface area contributed by atoms with Crippen LogP contribution in [0.15, 0.2) is 24.4 Å². The Morgan fingerprint density at radius 2 is 2.25 bits per heavy atom. The number of pyridine rings is 1. The molecule has 0 aliphatic carbocycles. The summed E-state index contributed by atoms with van der Waals surface area (Å²) in [5.74, 6) is 0.0625. The van der Waals surface area contributed by atoms with Gasteiger partial charge in [-0.2, -0.15) is 5.10 Å². The summed E-state index contributed by atoms with van der Waals surface area (Å²) < 4.78 is 1.94. The lowest BCUT2D eigenvalue weighted by atomic mass is 10.2. The number of hydrogen-bond donors (Lipinski definition) is 2. The summed E-state index contributed by atoms with van der Waals surface area (Å²) in [6.45, 7) is 5.35. The molecule has 6 heteroatoms. The summed E-state index contributed by atoms with van der Waals surface area (Å²) in [4.78, 5) is 15.8. The second-order valence-corrected chi connectivity index (χ2v) is 4.70. The van der Waals surface area contributed by atoms with Crippen molar-refractivity contribution in [3.05, 3.63) is 41.3 Å². The maximum atomic E-state index is 11.9. The van der Waals surface area contributed by atoms with Gasteiger partial charge in [0.05, 0.1) is 11.3 Å². The smallest absolute Gasteiger partial charge is 0.255 e. The van der Waals surface area contributed by atoms with Crippen molar-refractivity contribution in [2.45, 2.75) is 26.8 Å². The number of amides is 1. The number of anilines is 1. The van der Waals surface area contributed by atoms with Crippen molar-refractivity contribution in [1.29, 1.82) is 0 Å². The maximum absolute atomic E-state index is 11.9. The molecule has 0 bridgehead atoms. The quantitative estimate of drug-likeness (QED) is 0.804. The zero-order valence-corrected chi connectivity index (χ0v) is 11.8. The zero-order chi connectivity index (χ0) is 14.5. The molecular formula is C14H19N5O. The number of rotatable bonds is 5. The van der Waals surface area contributed by atoms with E-state index in [1.807, 2.05) is 24.6 Å². The SMILES string of the molecule is Cc1cc(C)n(CCCNC(=O)c2cccnc2N)n1. The molecule has 3 N–H and O–H groups in total. The number of aryl methyl sites for hydroxylation is 3. The number of hydrogen-bond acceptors (Lipinski definition) is 4. The number of carbonyl (C=O) groups excluding carboxylic acids is 1. The highest BCUT2D eigenvalue weighted by molar-refractivity contribution is 5.98. The molecule has 0 atom stereocenters. The molecule has 0 aliphatic rings. The van der Waals surface area contributed by atoms with Crippen molar-refractivity contribution in [3.8, 4) is 0 Å². The van der Waals surface area contributed by atoms with Crippen LogP contribution < -0.4 is 11.1 Å². The Balaban J connectivity index is 1.80. The lowest BCUT2D eigenvalue weighted by molar-refractivity contribution is 0.0953. The lowest BCUT2D eigenvalue weighted by Crippen LogP contribution is -2.26. The van der Waals surface area contributed by atoms with E-state index in [0.717, 1.165) is 24.4 Å². The minimum absolute atomic E-state index is 0.191. The Hall–Kier alpha value is -2.37. The van der Waals surface area contributed by atoms with Gasteiger partial charge in [0, 0.05) is 25.0 Å². The van der Waals surface area contributed by atoms with Crippen LogP contribution in [0.5, 0.6) is 0 Å². The number of nitrogens with zero attached hydrogens (tertiary/aromatic N) is 3. The molecule has 0 spiro atoms. The van der Waals surface area contributed by atoms with Crippen LogP contribution in [0.4, 0.5) is 5.82 Å². The van der Waals surface area contributed by atoms with Gasteiger partial charge in [-0.3, -0.25) is 9.48 Å². The van der Waals surface area contributed by atoms with Crippen LogP contribution in [-0.2, 0) is 6.54 Å². The Kier molecular flexibility index (Phi) is 4.34. The fourth-order valence-corrected chi connectivity index (χ4v) is 2.04. The molecule has 0 radical (unpaired) electrons. The van der Waals surface area contributed by atoms with Gasteiger partial charge in [0.25, 0.3) is 5.91 Å². The molecule has 1 amide bonds. The fourth-order valence-electron chi connectivity index (χ4n) is 2.04. The van der Waals surface area contributed by atoms with Crippen LogP contribution in [0.1, 0.15) is 28.2 Å². The largest absolute Gasteiger partial charge is 0.383 e. The predicted molar refractivity (Wildman–Crippen MR) is 77.3 cm³/mol. The van der Waals surface area contributed by atoms with E-state index in [9.17, 15) is 4.79 Å². The molecule has 0 aromatic carbocycles. The van der Waals surface area contributed by atoms with Gasteiger partial charge in [0.15, 0.2) is 0 Å². The van der Waals surface area contributed by atoms with Crippen LogP contribution in [0, 0.1) is 13.8 Å². The first-order valence-electron chi connectivity index (χ1n) is 6.57. The Morgan fingerprint density at radius 3 is 2.90 bits per heavy atom. The lowest BCUT2D eigenvalue weighted by Gasteiger charge is -2.07. The van der Waals surface area contributed by atoms with Crippen LogP contribution >= 0.6 is 0 Å². The normalized spacial score (nSPS) is 10.5.